The lowest BCUT2D eigenvalue weighted by molar-refractivity contribution is -0.129. The topological polar surface area (TPSA) is 58.8 Å². The molecule has 27 heavy (non-hydrogen) atoms. The number of likely N-dealkylation sites (N-methyl/N-ethyl adjacent to an activating group) is 1. The van der Waals surface area contributed by atoms with Gasteiger partial charge in [0.05, 0.1) is 6.54 Å². The van der Waals surface area contributed by atoms with Gasteiger partial charge >= 0.3 is 6.61 Å². The number of amides is 1. The van der Waals surface area contributed by atoms with E-state index < -0.39 is 6.61 Å². The van der Waals surface area contributed by atoms with Crippen molar-refractivity contribution in [1.82, 2.24) is 4.90 Å². The fraction of sp³-hybridized carbons (Fsp3) is 0.350. The summed E-state index contributed by atoms with van der Waals surface area (Å²) in [6, 6.07) is 12.1. The molecule has 1 aliphatic heterocycles. The minimum atomic E-state index is -2.85. The van der Waals surface area contributed by atoms with E-state index in [-0.39, 0.29) is 18.2 Å². The Kier molecular flexibility index (Phi) is 5.78. The van der Waals surface area contributed by atoms with Gasteiger partial charge in [0.1, 0.15) is 5.75 Å². The fourth-order valence-corrected chi connectivity index (χ4v) is 3.31. The molecule has 3 rings (SSSR count). The van der Waals surface area contributed by atoms with Crippen LogP contribution in [0.2, 0.25) is 0 Å². The molecule has 2 N–H and O–H groups in total. The molecule has 2 aromatic carbocycles. The highest BCUT2D eigenvalue weighted by molar-refractivity contribution is 5.82. The Hall–Kier alpha value is -2.83. The summed E-state index contributed by atoms with van der Waals surface area (Å²) in [5.74, 6) is 0.0865. The lowest BCUT2D eigenvalue weighted by atomic mass is 10.00. The summed E-state index contributed by atoms with van der Waals surface area (Å²) in [6.07, 6.45) is 1.89. The first-order chi connectivity index (χ1) is 12.9. The van der Waals surface area contributed by atoms with Gasteiger partial charge in [0.2, 0.25) is 5.91 Å². The molecule has 0 fully saturated rings. The van der Waals surface area contributed by atoms with E-state index >= 15 is 0 Å². The molecule has 0 unspecified atom stereocenters. The number of hydrogen-bond acceptors (Lipinski definition) is 4. The summed E-state index contributed by atoms with van der Waals surface area (Å²) in [7, 11) is 1.73. The number of carbonyl (C=O) groups excluding carboxylic acids is 1. The average Bonchev–Trinajstić information content (AvgIpc) is 2.64. The van der Waals surface area contributed by atoms with Crippen molar-refractivity contribution in [2.75, 3.05) is 30.8 Å². The van der Waals surface area contributed by atoms with Gasteiger partial charge in [-0.3, -0.25) is 4.79 Å². The molecule has 0 aliphatic carbocycles. The fourth-order valence-electron chi connectivity index (χ4n) is 3.31. The number of anilines is 2. The van der Waals surface area contributed by atoms with Crippen LogP contribution in [-0.2, 0) is 17.8 Å². The third kappa shape index (κ3) is 4.67. The molecule has 0 spiro atoms. The zero-order chi connectivity index (χ0) is 19.4. The molecule has 1 aliphatic rings. The summed E-state index contributed by atoms with van der Waals surface area (Å²) in [6.45, 7) is -1.36. The summed E-state index contributed by atoms with van der Waals surface area (Å²) >= 11 is 0. The lowest BCUT2D eigenvalue weighted by Gasteiger charge is -2.32. The van der Waals surface area contributed by atoms with E-state index in [1.165, 1.54) is 12.1 Å². The van der Waals surface area contributed by atoms with Crippen molar-refractivity contribution in [2.24, 2.45) is 0 Å². The minimum Gasteiger partial charge on any atom is -0.435 e. The Morgan fingerprint density at radius 1 is 1.26 bits per heavy atom. The Morgan fingerprint density at radius 2 is 2.00 bits per heavy atom. The van der Waals surface area contributed by atoms with E-state index in [1.54, 1.807) is 24.1 Å². The molecule has 1 heterocycles. The standard InChI is InChI=1S/C20H23F2N3O2/c1-24(12-14-7-9-15(10-8-14)27-20(21)22)19(26)13-25-11-3-4-16-17(23)5-2-6-18(16)25/h2,5-10,20H,3-4,11-13,23H2,1H3. The normalized spacial score (nSPS) is 13.4. The third-order valence-electron chi connectivity index (χ3n) is 4.70. The Morgan fingerprint density at radius 3 is 2.70 bits per heavy atom. The van der Waals surface area contributed by atoms with Gasteiger partial charge in [0, 0.05) is 31.5 Å². The summed E-state index contributed by atoms with van der Waals surface area (Å²) in [5.41, 5.74) is 9.80. The maximum Gasteiger partial charge on any atom is 0.387 e. The number of rotatable bonds is 6. The first kappa shape index (κ1) is 18.9. The van der Waals surface area contributed by atoms with Crippen LogP contribution in [0.5, 0.6) is 5.75 Å². The Labute approximate surface area is 157 Å². The second-order valence-corrected chi connectivity index (χ2v) is 6.64. The van der Waals surface area contributed by atoms with Gasteiger partial charge in [0.15, 0.2) is 0 Å². The quantitative estimate of drug-likeness (QED) is 0.788. The van der Waals surface area contributed by atoms with Crippen molar-refractivity contribution in [1.29, 1.82) is 0 Å². The predicted octanol–water partition coefficient (Wildman–Crippen LogP) is 3.28. The van der Waals surface area contributed by atoms with E-state index in [0.717, 1.165) is 41.9 Å². The molecule has 7 heteroatoms. The number of benzene rings is 2. The molecule has 0 saturated heterocycles. The van der Waals surface area contributed by atoms with E-state index in [2.05, 4.69) is 9.64 Å². The molecule has 2 aromatic rings. The van der Waals surface area contributed by atoms with Gasteiger partial charge in [-0.1, -0.05) is 18.2 Å². The van der Waals surface area contributed by atoms with Crippen LogP contribution in [-0.4, -0.2) is 37.6 Å². The molecule has 0 atom stereocenters. The van der Waals surface area contributed by atoms with Gasteiger partial charge in [-0.05, 0) is 48.2 Å². The van der Waals surface area contributed by atoms with Crippen LogP contribution in [0, 0.1) is 0 Å². The van der Waals surface area contributed by atoms with Crippen molar-refractivity contribution >= 4 is 17.3 Å². The Bertz CT molecular complexity index is 796. The molecule has 0 bridgehead atoms. The van der Waals surface area contributed by atoms with E-state index in [9.17, 15) is 13.6 Å². The highest BCUT2D eigenvalue weighted by atomic mass is 19.3. The molecule has 0 saturated carbocycles. The molecule has 144 valence electrons. The van der Waals surface area contributed by atoms with Crippen molar-refractivity contribution in [3.05, 3.63) is 53.6 Å². The van der Waals surface area contributed by atoms with Crippen LogP contribution in [0.1, 0.15) is 17.5 Å². The van der Waals surface area contributed by atoms with Crippen LogP contribution in [0.15, 0.2) is 42.5 Å². The Balaban J connectivity index is 1.61. The first-order valence-corrected chi connectivity index (χ1v) is 8.84. The molecule has 1 amide bonds. The van der Waals surface area contributed by atoms with Crippen molar-refractivity contribution < 1.29 is 18.3 Å². The number of nitrogens with two attached hydrogens (primary N) is 1. The SMILES string of the molecule is CN(Cc1ccc(OC(F)F)cc1)C(=O)CN1CCCc2c(N)cccc21. The predicted molar refractivity (Wildman–Crippen MR) is 101 cm³/mol. The zero-order valence-corrected chi connectivity index (χ0v) is 15.2. The van der Waals surface area contributed by atoms with Gasteiger partial charge < -0.3 is 20.3 Å². The smallest absolute Gasteiger partial charge is 0.387 e. The molecular weight excluding hydrogens is 352 g/mol. The number of hydrogen-bond donors (Lipinski definition) is 1. The third-order valence-corrected chi connectivity index (χ3v) is 4.70. The first-order valence-electron chi connectivity index (χ1n) is 8.84. The van der Waals surface area contributed by atoms with E-state index in [4.69, 9.17) is 5.73 Å². The van der Waals surface area contributed by atoms with E-state index in [1.807, 2.05) is 18.2 Å². The molecular formula is C20H23F2N3O2. The largest absolute Gasteiger partial charge is 0.435 e. The maximum atomic E-state index is 12.7. The molecule has 0 aromatic heterocycles. The number of nitrogen functional groups attached to an aromatic ring is 1. The number of fused-ring (bicyclic) bond motifs is 1. The number of halogens is 2. The minimum absolute atomic E-state index is 0.0156. The average molecular weight is 375 g/mol. The van der Waals surface area contributed by atoms with Gasteiger partial charge in [-0.15, -0.1) is 0 Å². The van der Waals surface area contributed by atoms with Crippen LogP contribution in [0.25, 0.3) is 0 Å². The number of nitrogens with zero attached hydrogens (tertiary/aromatic N) is 2. The van der Waals surface area contributed by atoms with Crippen molar-refractivity contribution in [2.45, 2.75) is 26.0 Å². The second kappa shape index (κ2) is 8.24. The number of ether oxygens (including phenoxy) is 1. The number of alkyl halides is 2. The summed E-state index contributed by atoms with van der Waals surface area (Å²) in [5, 5.41) is 0. The van der Waals surface area contributed by atoms with Crippen LogP contribution in [0.3, 0.4) is 0 Å². The molecule has 5 nitrogen and oxygen atoms in total. The van der Waals surface area contributed by atoms with Crippen LogP contribution in [0.4, 0.5) is 20.2 Å². The summed E-state index contributed by atoms with van der Waals surface area (Å²) < 4.78 is 28.7. The van der Waals surface area contributed by atoms with E-state index in [0.29, 0.717) is 6.54 Å². The van der Waals surface area contributed by atoms with Gasteiger partial charge in [-0.25, -0.2) is 0 Å². The second-order valence-electron chi connectivity index (χ2n) is 6.64. The highest BCUT2D eigenvalue weighted by Gasteiger charge is 2.22. The van der Waals surface area contributed by atoms with Gasteiger partial charge in [-0.2, -0.15) is 8.78 Å². The maximum absolute atomic E-state index is 12.7. The lowest BCUT2D eigenvalue weighted by Crippen LogP contribution is -2.40. The van der Waals surface area contributed by atoms with Crippen molar-refractivity contribution in [3.8, 4) is 5.75 Å². The van der Waals surface area contributed by atoms with Crippen LogP contribution < -0.4 is 15.4 Å². The van der Waals surface area contributed by atoms with Gasteiger partial charge in [0.25, 0.3) is 0 Å². The van der Waals surface area contributed by atoms with Crippen LogP contribution >= 0.6 is 0 Å². The molecule has 0 radical (unpaired) electrons. The van der Waals surface area contributed by atoms with Crippen molar-refractivity contribution in [3.63, 3.8) is 0 Å². The summed E-state index contributed by atoms with van der Waals surface area (Å²) in [4.78, 5) is 16.3. The highest BCUT2D eigenvalue weighted by Crippen LogP contribution is 2.31. The monoisotopic (exact) mass is 375 g/mol. The number of carbonyl (C=O) groups is 1. The zero-order valence-electron chi connectivity index (χ0n) is 15.2.